The number of aromatic nitrogens is 3. The largest absolute Gasteiger partial charge is 0.312 e. The lowest BCUT2D eigenvalue weighted by Gasteiger charge is -2.17. The third-order valence-corrected chi connectivity index (χ3v) is 5.12. The third-order valence-electron chi connectivity index (χ3n) is 4.81. The summed E-state index contributed by atoms with van der Waals surface area (Å²) < 4.78 is 2.44. The zero-order valence-electron chi connectivity index (χ0n) is 14.6. The molecule has 6 heteroatoms. The number of nitrogens with one attached hydrogen (secondary N) is 1. The molecule has 0 radical (unpaired) electrons. The normalized spacial score (nSPS) is 13.0. The van der Waals surface area contributed by atoms with Crippen LogP contribution in [-0.2, 0) is 17.8 Å². The lowest BCUT2D eigenvalue weighted by molar-refractivity contribution is -0.118. The summed E-state index contributed by atoms with van der Waals surface area (Å²) in [5, 5.41) is 7.20. The van der Waals surface area contributed by atoms with Gasteiger partial charge in [0.2, 0.25) is 5.91 Å². The van der Waals surface area contributed by atoms with Gasteiger partial charge in [0, 0.05) is 30.8 Å². The van der Waals surface area contributed by atoms with Crippen molar-refractivity contribution in [3.63, 3.8) is 0 Å². The van der Waals surface area contributed by atoms with Crippen molar-refractivity contribution in [2.45, 2.75) is 26.3 Å². The first-order valence-electron chi connectivity index (χ1n) is 8.74. The van der Waals surface area contributed by atoms with E-state index in [1.54, 1.807) is 0 Å². The zero-order chi connectivity index (χ0) is 18.1. The predicted molar refractivity (Wildman–Crippen MR) is 105 cm³/mol. The standard InChI is InChI=1S/C20H20N4OS/c1-14-6-8-16(9-7-14)19-21-22-20(26)24(19)13-11-18(25)23-12-10-15-4-2-3-5-17(15)23/h2-9H,10-13H2,1H3,(H,22,26). The van der Waals surface area contributed by atoms with Gasteiger partial charge in [-0.25, -0.2) is 0 Å². The Hall–Kier alpha value is -2.73. The Morgan fingerprint density at radius 1 is 1.19 bits per heavy atom. The number of anilines is 1. The smallest absolute Gasteiger partial charge is 0.228 e. The van der Waals surface area contributed by atoms with Crippen LogP contribution < -0.4 is 4.90 Å². The lowest BCUT2D eigenvalue weighted by atomic mass is 10.1. The van der Waals surface area contributed by atoms with Gasteiger partial charge in [-0.1, -0.05) is 48.0 Å². The maximum atomic E-state index is 12.8. The van der Waals surface area contributed by atoms with E-state index in [2.05, 4.69) is 16.3 Å². The Kier molecular flexibility index (Phi) is 4.42. The minimum atomic E-state index is 0.118. The van der Waals surface area contributed by atoms with Crippen LogP contribution in [0.5, 0.6) is 0 Å². The van der Waals surface area contributed by atoms with Crippen LogP contribution in [0.2, 0.25) is 0 Å². The van der Waals surface area contributed by atoms with E-state index in [-0.39, 0.29) is 5.91 Å². The van der Waals surface area contributed by atoms with Crippen molar-refractivity contribution in [1.82, 2.24) is 14.8 Å². The van der Waals surface area contributed by atoms with Gasteiger partial charge in [-0.3, -0.25) is 14.5 Å². The third kappa shape index (κ3) is 3.08. The molecule has 132 valence electrons. The molecule has 0 saturated heterocycles. The highest BCUT2D eigenvalue weighted by molar-refractivity contribution is 7.71. The molecule has 1 aromatic heterocycles. The first-order chi connectivity index (χ1) is 12.6. The number of carbonyl (C=O) groups is 1. The summed E-state index contributed by atoms with van der Waals surface area (Å²) in [6.45, 7) is 3.31. The molecular formula is C20H20N4OS. The van der Waals surface area contributed by atoms with Gasteiger partial charge in [-0.05, 0) is 37.2 Å². The van der Waals surface area contributed by atoms with Gasteiger partial charge in [0.25, 0.3) is 0 Å². The van der Waals surface area contributed by atoms with Crippen LogP contribution in [0.15, 0.2) is 48.5 Å². The minimum absolute atomic E-state index is 0.118. The molecule has 0 unspecified atom stereocenters. The van der Waals surface area contributed by atoms with E-state index in [9.17, 15) is 4.79 Å². The first-order valence-corrected chi connectivity index (χ1v) is 9.15. The molecule has 0 saturated carbocycles. The summed E-state index contributed by atoms with van der Waals surface area (Å²) in [7, 11) is 0. The molecule has 2 aromatic carbocycles. The van der Waals surface area contributed by atoms with Crippen LogP contribution in [0.3, 0.4) is 0 Å². The number of para-hydroxylation sites is 1. The first kappa shape index (κ1) is 16.7. The van der Waals surface area contributed by atoms with Crippen molar-refractivity contribution in [2.24, 2.45) is 0 Å². The van der Waals surface area contributed by atoms with Crippen molar-refractivity contribution >= 4 is 23.8 Å². The highest BCUT2D eigenvalue weighted by Gasteiger charge is 2.24. The van der Waals surface area contributed by atoms with Crippen LogP contribution in [0.1, 0.15) is 17.5 Å². The van der Waals surface area contributed by atoms with E-state index in [0.717, 1.165) is 30.0 Å². The second-order valence-corrected chi connectivity index (χ2v) is 6.93. The molecule has 26 heavy (non-hydrogen) atoms. The average molecular weight is 364 g/mol. The number of amides is 1. The Labute approximate surface area is 157 Å². The van der Waals surface area contributed by atoms with Crippen LogP contribution >= 0.6 is 12.2 Å². The lowest BCUT2D eigenvalue weighted by Crippen LogP contribution is -2.29. The number of nitrogens with zero attached hydrogens (tertiary/aromatic N) is 3. The Balaban J connectivity index is 1.52. The molecule has 5 nitrogen and oxygen atoms in total. The Morgan fingerprint density at radius 3 is 2.77 bits per heavy atom. The minimum Gasteiger partial charge on any atom is -0.312 e. The van der Waals surface area contributed by atoms with E-state index in [4.69, 9.17) is 12.2 Å². The number of hydrogen-bond acceptors (Lipinski definition) is 3. The zero-order valence-corrected chi connectivity index (χ0v) is 15.4. The summed E-state index contributed by atoms with van der Waals surface area (Å²) in [5.41, 5.74) is 4.45. The number of rotatable bonds is 4. The maximum absolute atomic E-state index is 12.8. The van der Waals surface area contributed by atoms with Crippen molar-refractivity contribution < 1.29 is 4.79 Å². The molecule has 1 aliphatic rings. The highest BCUT2D eigenvalue weighted by atomic mass is 32.1. The van der Waals surface area contributed by atoms with E-state index in [0.29, 0.717) is 17.7 Å². The topological polar surface area (TPSA) is 53.9 Å². The van der Waals surface area contributed by atoms with Crippen LogP contribution in [0, 0.1) is 11.7 Å². The molecule has 0 atom stereocenters. The van der Waals surface area contributed by atoms with E-state index in [1.165, 1.54) is 11.1 Å². The van der Waals surface area contributed by atoms with Crippen molar-refractivity contribution in [2.75, 3.05) is 11.4 Å². The van der Waals surface area contributed by atoms with Crippen LogP contribution in [0.25, 0.3) is 11.4 Å². The van der Waals surface area contributed by atoms with Crippen molar-refractivity contribution in [3.8, 4) is 11.4 Å². The summed E-state index contributed by atoms with van der Waals surface area (Å²) in [4.78, 5) is 14.6. The fourth-order valence-electron chi connectivity index (χ4n) is 3.39. The van der Waals surface area contributed by atoms with Gasteiger partial charge in [0.05, 0.1) is 0 Å². The van der Waals surface area contributed by atoms with Crippen LogP contribution in [-0.4, -0.2) is 27.2 Å². The number of hydrogen-bond donors (Lipinski definition) is 1. The van der Waals surface area contributed by atoms with Gasteiger partial charge in [-0.2, -0.15) is 5.10 Å². The number of carbonyl (C=O) groups excluding carboxylic acids is 1. The van der Waals surface area contributed by atoms with Gasteiger partial charge in [0.1, 0.15) is 0 Å². The number of benzene rings is 2. The molecule has 0 spiro atoms. The molecule has 1 amide bonds. The van der Waals surface area contributed by atoms with E-state index in [1.807, 2.05) is 58.9 Å². The monoisotopic (exact) mass is 364 g/mol. The van der Waals surface area contributed by atoms with Gasteiger partial charge < -0.3 is 4.90 Å². The summed E-state index contributed by atoms with van der Waals surface area (Å²) >= 11 is 5.37. The molecule has 0 bridgehead atoms. The number of aryl methyl sites for hydroxylation is 1. The summed E-state index contributed by atoms with van der Waals surface area (Å²) in [6, 6.07) is 16.2. The summed E-state index contributed by atoms with van der Waals surface area (Å²) in [6.07, 6.45) is 1.31. The molecule has 4 rings (SSSR count). The average Bonchev–Trinajstić information content (AvgIpc) is 3.24. The van der Waals surface area contributed by atoms with E-state index < -0.39 is 0 Å². The SMILES string of the molecule is Cc1ccc(-c2n[nH]c(=S)n2CCC(=O)N2CCc3ccccc32)cc1. The van der Waals surface area contributed by atoms with Crippen molar-refractivity contribution in [1.29, 1.82) is 0 Å². The number of H-pyrrole nitrogens is 1. The molecule has 1 N–H and O–H groups in total. The molecule has 3 aromatic rings. The second kappa shape index (κ2) is 6.88. The quantitative estimate of drug-likeness (QED) is 0.715. The Bertz CT molecular complexity index is 1000. The molecule has 0 fully saturated rings. The van der Waals surface area contributed by atoms with Gasteiger partial charge >= 0.3 is 0 Å². The summed E-state index contributed by atoms with van der Waals surface area (Å²) in [5.74, 6) is 0.887. The molecule has 1 aliphatic heterocycles. The molecule has 0 aliphatic carbocycles. The number of fused-ring (bicyclic) bond motifs is 1. The molecular weight excluding hydrogens is 344 g/mol. The maximum Gasteiger partial charge on any atom is 0.228 e. The van der Waals surface area contributed by atoms with E-state index >= 15 is 0 Å². The predicted octanol–water partition coefficient (Wildman–Crippen LogP) is 3.90. The number of aromatic amines is 1. The fourth-order valence-corrected chi connectivity index (χ4v) is 3.61. The Morgan fingerprint density at radius 2 is 1.96 bits per heavy atom. The second-order valence-electron chi connectivity index (χ2n) is 6.54. The highest BCUT2D eigenvalue weighted by Crippen LogP contribution is 2.28. The van der Waals surface area contributed by atoms with Crippen molar-refractivity contribution in [3.05, 3.63) is 64.4 Å². The van der Waals surface area contributed by atoms with Gasteiger partial charge in [-0.15, -0.1) is 0 Å². The van der Waals surface area contributed by atoms with Gasteiger partial charge in [0.15, 0.2) is 10.6 Å². The fraction of sp³-hybridized carbons (Fsp3) is 0.250. The molecule has 2 heterocycles. The van der Waals surface area contributed by atoms with Crippen LogP contribution in [0.4, 0.5) is 5.69 Å².